The van der Waals surface area contributed by atoms with Gasteiger partial charge in [0.15, 0.2) is 0 Å². The largest absolute Gasteiger partial charge is 0.497 e. The van der Waals surface area contributed by atoms with Crippen LogP contribution in [0.1, 0.15) is 16.7 Å². The Morgan fingerprint density at radius 3 is 2.04 bits per heavy atom. The minimum absolute atomic E-state index is 0.767. The van der Waals surface area contributed by atoms with Crippen molar-refractivity contribution in [1.82, 2.24) is 10.2 Å². The lowest BCUT2D eigenvalue weighted by atomic mass is 10.1. The highest BCUT2D eigenvalue weighted by Crippen LogP contribution is 2.22. The summed E-state index contributed by atoms with van der Waals surface area (Å²) < 4.78 is 16.0. The van der Waals surface area contributed by atoms with Crippen LogP contribution in [-0.2, 0) is 24.4 Å². The van der Waals surface area contributed by atoms with Crippen LogP contribution >= 0.6 is 0 Å². The van der Waals surface area contributed by atoms with E-state index in [1.54, 1.807) is 14.2 Å². The number of methoxy groups -OCH3 is 2. The molecule has 2 aromatic rings. The summed E-state index contributed by atoms with van der Waals surface area (Å²) in [6.07, 6.45) is 0. The van der Waals surface area contributed by atoms with Gasteiger partial charge in [0.2, 0.25) is 0 Å². The zero-order chi connectivity index (χ0) is 18.2. The molecule has 0 bridgehead atoms. The molecular formula is C21H28N2O3. The molecule has 0 unspecified atom stereocenters. The Balaban J connectivity index is 1.49. The Morgan fingerprint density at radius 2 is 1.42 bits per heavy atom. The van der Waals surface area contributed by atoms with Crippen LogP contribution in [0.4, 0.5) is 0 Å². The predicted octanol–water partition coefficient (Wildman–Crippen LogP) is 2.83. The predicted molar refractivity (Wildman–Crippen MR) is 103 cm³/mol. The summed E-state index contributed by atoms with van der Waals surface area (Å²) in [7, 11) is 3.34. The summed E-state index contributed by atoms with van der Waals surface area (Å²) in [5.41, 5.74) is 3.78. The summed E-state index contributed by atoms with van der Waals surface area (Å²) in [4.78, 5) is 2.44. The van der Waals surface area contributed by atoms with Gasteiger partial charge in [0, 0.05) is 38.8 Å². The van der Waals surface area contributed by atoms with E-state index in [0.717, 1.165) is 63.0 Å². The maximum atomic E-state index is 5.40. The van der Waals surface area contributed by atoms with Gasteiger partial charge in [-0.25, -0.2) is 0 Å². The molecule has 140 valence electrons. The number of hydrogen-bond acceptors (Lipinski definition) is 5. The van der Waals surface area contributed by atoms with E-state index in [1.807, 2.05) is 18.2 Å². The third kappa shape index (κ3) is 5.46. The second-order valence-electron chi connectivity index (χ2n) is 6.53. The Morgan fingerprint density at radius 1 is 0.846 bits per heavy atom. The molecule has 3 rings (SSSR count). The van der Waals surface area contributed by atoms with Gasteiger partial charge in [-0.2, -0.15) is 0 Å². The molecule has 1 aliphatic rings. The van der Waals surface area contributed by atoms with Crippen LogP contribution in [-0.4, -0.2) is 45.4 Å². The molecule has 0 amide bonds. The highest BCUT2D eigenvalue weighted by Gasteiger charge is 2.10. The summed E-state index contributed by atoms with van der Waals surface area (Å²) in [5.74, 6) is 1.63. The topological polar surface area (TPSA) is 43.0 Å². The second-order valence-corrected chi connectivity index (χ2v) is 6.53. The lowest BCUT2D eigenvalue weighted by Gasteiger charge is -2.26. The van der Waals surface area contributed by atoms with Crippen molar-refractivity contribution in [2.75, 3.05) is 40.5 Å². The molecular weight excluding hydrogens is 328 g/mol. The van der Waals surface area contributed by atoms with Crippen LogP contribution in [0.25, 0.3) is 0 Å². The fraction of sp³-hybridized carbons (Fsp3) is 0.429. The minimum atomic E-state index is 0.767. The molecule has 0 aromatic heterocycles. The number of morpholine rings is 1. The first-order valence-corrected chi connectivity index (χ1v) is 9.07. The molecule has 1 N–H and O–H groups in total. The molecule has 26 heavy (non-hydrogen) atoms. The maximum absolute atomic E-state index is 5.40. The average Bonchev–Trinajstić information content (AvgIpc) is 2.70. The summed E-state index contributed by atoms with van der Waals surface area (Å²) in [6, 6.07) is 14.8. The van der Waals surface area contributed by atoms with Gasteiger partial charge < -0.3 is 19.5 Å². The normalized spacial score (nSPS) is 15.0. The molecule has 0 aliphatic carbocycles. The maximum Gasteiger partial charge on any atom is 0.122 e. The lowest BCUT2D eigenvalue weighted by Crippen LogP contribution is -2.35. The number of benzene rings is 2. The van der Waals surface area contributed by atoms with Crippen molar-refractivity contribution >= 4 is 0 Å². The van der Waals surface area contributed by atoms with Crippen molar-refractivity contribution in [3.63, 3.8) is 0 Å². The number of hydrogen-bond donors (Lipinski definition) is 1. The number of rotatable bonds is 8. The van der Waals surface area contributed by atoms with E-state index in [2.05, 4.69) is 34.5 Å². The zero-order valence-corrected chi connectivity index (χ0v) is 15.7. The van der Waals surface area contributed by atoms with Crippen LogP contribution in [0.3, 0.4) is 0 Å². The van der Waals surface area contributed by atoms with Gasteiger partial charge in [-0.05, 0) is 28.8 Å². The van der Waals surface area contributed by atoms with Crippen LogP contribution < -0.4 is 14.8 Å². The Bertz CT molecular complexity index is 660. The van der Waals surface area contributed by atoms with Crippen molar-refractivity contribution in [2.24, 2.45) is 0 Å². The van der Waals surface area contributed by atoms with Crippen molar-refractivity contribution in [3.05, 3.63) is 59.2 Å². The molecule has 5 heteroatoms. The summed E-state index contributed by atoms with van der Waals surface area (Å²) >= 11 is 0. The Kier molecular flexibility index (Phi) is 6.89. The van der Waals surface area contributed by atoms with Gasteiger partial charge in [0.25, 0.3) is 0 Å². The van der Waals surface area contributed by atoms with Gasteiger partial charge in [0.1, 0.15) is 11.5 Å². The van der Waals surface area contributed by atoms with Crippen LogP contribution in [0, 0.1) is 0 Å². The van der Waals surface area contributed by atoms with Crippen molar-refractivity contribution in [3.8, 4) is 11.5 Å². The van der Waals surface area contributed by atoms with Gasteiger partial charge in [-0.15, -0.1) is 0 Å². The first kappa shape index (κ1) is 18.7. The Hall–Kier alpha value is -2.08. The molecule has 1 aliphatic heterocycles. The quantitative estimate of drug-likeness (QED) is 0.788. The monoisotopic (exact) mass is 356 g/mol. The van der Waals surface area contributed by atoms with Crippen LogP contribution in [0.2, 0.25) is 0 Å². The molecule has 5 nitrogen and oxygen atoms in total. The third-order valence-electron chi connectivity index (χ3n) is 4.60. The van der Waals surface area contributed by atoms with Gasteiger partial charge in [-0.3, -0.25) is 4.90 Å². The fourth-order valence-electron chi connectivity index (χ4n) is 3.10. The first-order valence-electron chi connectivity index (χ1n) is 9.07. The lowest BCUT2D eigenvalue weighted by molar-refractivity contribution is 0.0342. The van der Waals surface area contributed by atoms with Crippen molar-refractivity contribution in [2.45, 2.75) is 19.6 Å². The van der Waals surface area contributed by atoms with Crippen LogP contribution in [0.15, 0.2) is 42.5 Å². The standard InChI is InChI=1S/C21H28N2O3/c1-24-20-11-19(12-21(13-20)25-2)15-22-14-17-3-5-18(6-4-17)16-23-7-9-26-10-8-23/h3-6,11-13,22H,7-10,14-16H2,1-2H3. The smallest absolute Gasteiger partial charge is 0.122 e. The zero-order valence-electron chi connectivity index (χ0n) is 15.7. The van der Waals surface area contributed by atoms with Crippen molar-refractivity contribution < 1.29 is 14.2 Å². The van der Waals surface area contributed by atoms with E-state index in [4.69, 9.17) is 14.2 Å². The van der Waals surface area contributed by atoms with E-state index in [-0.39, 0.29) is 0 Å². The van der Waals surface area contributed by atoms with E-state index >= 15 is 0 Å². The first-order chi connectivity index (χ1) is 12.8. The Labute approximate surface area is 155 Å². The molecule has 0 spiro atoms. The van der Waals surface area contributed by atoms with E-state index in [1.165, 1.54) is 11.1 Å². The second kappa shape index (κ2) is 9.57. The van der Waals surface area contributed by atoms with E-state index in [0.29, 0.717) is 0 Å². The highest BCUT2D eigenvalue weighted by molar-refractivity contribution is 5.38. The van der Waals surface area contributed by atoms with E-state index < -0.39 is 0 Å². The molecule has 0 saturated carbocycles. The van der Waals surface area contributed by atoms with Gasteiger partial charge in [-0.1, -0.05) is 24.3 Å². The molecule has 0 radical (unpaired) electrons. The molecule has 2 aromatic carbocycles. The average molecular weight is 356 g/mol. The van der Waals surface area contributed by atoms with Gasteiger partial charge in [0.05, 0.1) is 27.4 Å². The molecule has 1 heterocycles. The summed E-state index contributed by atoms with van der Waals surface area (Å²) in [5, 5.41) is 3.48. The molecule has 1 saturated heterocycles. The van der Waals surface area contributed by atoms with Crippen molar-refractivity contribution in [1.29, 1.82) is 0 Å². The molecule has 1 fully saturated rings. The van der Waals surface area contributed by atoms with Crippen LogP contribution in [0.5, 0.6) is 11.5 Å². The van der Waals surface area contributed by atoms with Gasteiger partial charge >= 0.3 is 0 Å². The number of ether oxygens (including phenoxy) is 3. The fourth-order valence-corrected chi connectivity index (χ4v) is 3.10. The van der Waals surface area contributed by atoms with E-state index in [9.17, 15) is 0 Å². The third-order valence-corrected chi connectivity index (χ3v) is 4.60. The minimum Gasteiger partial charge on any atom is -0.497 e. The molecule has 0 atom stereocenters. The summed E-state index contributed by atoms with van der Waals surface area (Å²) in [6.45, 7) is 6.33. The number of nitrogens with zero attached hydrogens (tertiary/aromatic N) is 1. The number of nitrogens with one attached hydrogen (secondary N) is 1. The SMILES string of the molecule is COc1cc(CNCc2ccc(CN3CCOCC3)cc2)cc(OC)c1. The highest BCUT2D eigenvalue weighted by atomic mass is 16.5.